The molecule has 8 nitrogen and oxygen atoms in total. The molecule has 2 atom stereocenters. The second kappa shape index (κ2) is 8.60. The van der Waals surface area contributed by atoms with Gasteiger partial charge < -0.3 is 19.5 Å². The van der Waals surface area contributed by atoms with Gasteiger partial charge in [-0.1, -0.05) is 0 Å². The summed E-state index contributed by atoms with van der Waals surface area (Å²) in [5.41, 5.74) is 0.170. The Morgan fingerprint density at radius 3 is 2.36 bits per heavy atom. The lowest BCUT2D eigenvalue weighted by Crippen LogP contribution is -2.53. The predicted molar refractivity (Wildman–Crippen MR) is 101 cm³/mol. The third-order valence-corrected chi connectivity index (χ3v) is 5.47. The van der Waals surface area contributed by atoms with Crippen LogP contribution in [0.1, 0.15) is 36.0 Å². The van der Waals surface area contributed by atoms with Crippen molar-refractivity contribution in [2.45, 2.75) is 37.8 Å². The Morgan fingerprint density at radius 2 is 1.75 bits per heavy atom. The molecule has 2 aliphatic rings. The number of piperidine rings is 1. The van der Waals surface area contributed by atoms with Crippen LogP contribution in [0.25, 0.3) is 0 Å². The molecule has 2 saturated heterocycles. The first kappa shape index (κ1) is 20.1. The summed E-state index contributed by atoms with van der Waals surface area (Å²) in [5, 5.41) is 2.90. The fourth-order valence-corrected chi connectivity index (χ4v) is 4.05. The SMILES string of the molecule is COc1cc(C(=O)C(=O)CN2C3CCCC2C(=O)NCC3)cc(OC)c1OC. The number of nitrogens with one attached hydrogen (secondary N) is 1. The van der Waals surface area contributed by atoms with Gasteiger partial charge in [-0.3, -0.25) is 19.3 Å². The molecule has 0 saturated carbocycles. The Bertz CT molecular complexity index is 753. The van der Waals surface area contributed by atoms with Crippen molar-refractivity contribution in [1.29, 1.82) is 0 Å². The van der Waals surface area contributed by atoms with Gasteiger partial charge >= 0.3 is 0 Å². The maximum Gasteiger partial charge on any atom is 0.237 e. The van der Waals surface area contributed by atoms with Crippen molar-refractivity contribution in [1.82, 2.24) is 10.2 Å². The molecule has 2 fully saturated rings. The smallest absolute Gasteiger partial charge is 0.237 e. The maximum absolute atomic E-state index is 12.8. The van der Waals surface area contributed by atoms with Crippen LogP contribution in [0.4, 0.5) is 0 Å². The molecule has 8 heteroatoms. The average molecular weight is 390 g/mol. The first-order valence-corrected chi connectivity index (χ1v) is 9.41. The van der Waals surface area contributed by atoms with Crippen LogP contribution in [0.15, 0.2) is 12.1 Å². The van der Waals surface area contributed by atoms with Gasteiger partial charge in [-0.15, -0.1) is 0 Å². The highest BCUT2D eigenvalue weighted by Crippen LogP contribution is 2.38. The Kier molecular flexibility index (Phi) is 6.18. The van der Waals surface area contributed by atoms with Crippen molar-refractivity contribution in [3.8, 4) is 17.2 Å². The molecule has 3 rings (SSSR count). The standard InChI is InChI=1S/C20H26N2O6/c1-26-16-9-12(10-17(27-2)19(16)28-3)18(24)15(23)11-22-13-5-4-6-14(22)20(25)21-8-7-13/h9-10,13-14H,4-8,11H2,1-3H3,(H,21,25). The van der Waals surface area contributed by atoms with Crippen molar-refractivity contribution < 1.29 is 28.6 Å². The molecule has 28 heavy (non-hydrogen) atoms. The number of Topliss-reactive ketones (excluding diaryl/α,β-unsaturated/α-hetero) is 2. The quantitative estimate of drug-likeness (QED) is 0.552. The zero-order chi connectivity index (χ0) is 20.3. The van der Waals surface area contributed by atoms with Crippen LogP contribution in [-0.2, 0) is 9.59 Å². The van der Waals surface area contributed by atoms with Crippen LogP contribution >= 0.6 is 0 Å². The molecule has 152 valence electrons. The van der Waals surface area contributed by atoms with Crippen molar-refractivity contribution in [2.24, 2.45) is 0 Å². The van der Waals surface area contributed by atoms with E-state index in [2.05, 4.69) is 5.32 Å². The highest BCUT2D eigenvalue weighted by molar-refractivity contribution is 6.44. The fourth-order valence-electron chi connectivity index (χ4n) is 4.05. The van der Waals surface area contributed by atoms with Crippen LogP contribution < -0.4 is 19.5 Å². The van der Waals surface area contributed by atoms with Crippen molar-refractivity contribution in [3.63, 3.8) is 0 Å². The van der Waals surface area contributed by atoms with E-state index in [0.717, 1.165) is 19.3 Å². The number of ketones is 2. The first-order chi connectivity index (χ1) is 13.5. The van der Waals surface area contributed by atoms with E-state index in [9.17, 15) is 14.4 Å². The Balaban J connectivity index is 1.83. The van der Waals surface area contributed by atoms with Gasteiger partial charge in [0.25, 0.3) is 0 Å². The van der Waals surface area contributed by atoms with E-state index in [0.29, 0.717) is 30.2 Å². The van der Waals surface area contributed by atoms with Crippen LogP contribution in [0.2, 0.25) is 0 Å². The van der Waals surface area contributed by atoms with Crippen LogP contribution in [-0.4, -0.2) is 68.9 Å². The number of amides is 1. The average Bonchev–Trinajstić information content (AvgIpc) is 2.79. The summed E-state index contributed by atoms with van der Waals surface area (Å²) in [7, 11) is 4.37. The fraction of sp³-hybridized carbons (Fsp3) is 0.550. The van der Waals surface area contributed by atoms with Gasteiger partial charge in [0.15, 0.2) is 11.5 Å². The van der Waals surface area contributed by atoms with Gasteiger partial charge in [-0.25, -0.2) is 0 Å². The summed E-state index contributed by atoms with van der Waals surface area (Å²) < 4.78 is 15.8. The second-order valence-electron chi connectivity index (χ2n) is 7.02. The van der Waals surface area contributed by atoms with E-state index in [1.54, 1.807) is 0 Å². The number of hydrogen-bond acceptors (Lipinski definition) is 7. The number of hydrogen-bond donors (Lipinski definition) is 1. The molecule has 0 aliphatic carbocycles. The number of ether oxygens (including phenoxy) is 3. The molecule has 2 heterocycles. The highest BCUT2D eigenvalue weighted by Gasteiger charge is 2.39. The van der Waals surface area contributed by atoms with Crippen molar-refractivity contribution >= 4 is 17.5 Å². The summed E-state index contributed by atoms with van der Waals surface area (Å²) in [4.78, 5) is 39.8. The molecule has 1 N–H and O–H groups in total. The van der Waals surface area contributed by atoms with E-state index in [4.69, 9.17) is 14.2 Å². The summed E-state index contributed by atoms with van der Waals surface area (Å²) in [6.45, 7) is 0.532. The monoisotopic (exact) mass is 390 g/mol. The molecule has 1 amide bonds. The van der Waals surface area contributed by atoms with Crippen LogP contribution in [0.5, 0.6) is 17.2 Å². The number of carbonyl (C=O) groups is 3. The predicted octanol–water partition coefficient (Wildman–Crippen LogP) is 1.21. The zero-order valence-electron chi connectivity index (χ0n) is 16.4. The Morgan fingerprint density at radius 1 is 1.07 bits per heavy atom. The van der Waals surface area contributed by atoms with E-state index < -0.39 is 11.6 Å². The molecule has 2 bridgehead atoms. The normalized spacial score (nSPS) is 22.0. The Hall–Kier alpha value is -2.61. The van der Waals surface area contributed by atoms with Crippen LogP contribution in [0, 0.1) is 0 Å². The number of nitrogens with zero attached hydrogens (tertiary/aromatic N) is 1. The molecule has 2 aliphatic heterocycles. The van der Waals surface area contributed by atoms with Gasteiger partial charge in [-0.05, 0) is 37.8 Å². The molecular weight excluding hydrogens is 364 g/mol. The number of fused-ring (bicyclic) bond motifs is 2. The Labute approximate surface area is 164 Å². The molecule has 1 aromatic carbocycles. The minimum atomic E-state index is -0.637. The molecular formula is C20H26N2O6. The zero-order valence-corrected chi connectivity index (χ0v) is 16.4. The van der Waals surface area contributed by atoms with E-state index in [1.807, 2.05) is 4.90 Å². The largest absolute Gasteiger partial charge is 0.493 e. The molecule has 0 aromatic heterocycles. The highest BCUT2D eigenvalue weighted by atomic mass is 16.5. The molecule has 2 unspecified atom stereocenters. The van der Waals surface area contributed by atoms with Crippen molar-refractivity contribution in [3.05, 3.63) is 17.7 Å². The summed E-state index contributed by atoms with van der Waals surface area (Å²) >= 11 is 0. The topological polar surface area (TPSA) is 94.2 Å². The number of benzene rings is 1. The molecule has 0 spiro atoms. The van der Waals surface area contributed by atoms with Gasteiger partial charge in [0.05, 0.1) is 33.9 Å². The third kappa shape index (κ3) is 3.82. The van der Waals surface area contributed by atoms with Gasteiger partial charge in [0, 0.05) is 18.2 Å². The number of rotatable bonds is 7. The number of methoxy groups -OCH3 is 3. The molecule has 1 aromatic rings. The minimum absolute atomic E-state index is 0.0600. The van der Waals surface area contributed by atoms with Crippen molar-refractivity contribution in [2.75, 3.05) is 34.4 Å². The lowest BCUT2D eigenvalue weighted by Gasteiger charge is -2.38. The van der Waals surface area contributed by atoms with Gasteiger partial charge in [-0.2, -0.15) is 0 Å². The second-order valence-corrected chi connectivity index (χ2v) is 7.02. The molecule has 0 radical (unpaired) electrons. The van der Waals surface area contributed by atoms with E-state index in [-0.39, 0.29) is 30.1 Å². The summed E-state index contributed by atoms with van der Waals surface area (Å²) in [6.07, 6.45) is 3.37. The lowest BCUT2D eigenvalue weighted by atomic mass is 9.93. The van der Waals surface area contributed by atoms with Gasteiger partial charge in [0.2, 0.25) is 23.2 Å². The number of carbonyl (C=O) groups excluding carboxylic acids is 3. The van der Waals surface area contributed by atoms with E-state index in [1.165, 1.54) is 33.5 Å². The lowest BCUT2D eigenvalue weighted by molar-refractivity contribution is -0.129. The van der Waals surface area contributed by atoms with Gasteiger partial charge in [0.1, 0.15) is 0 Å². The third-order valence-electron chi connectivity index (χ3n) is 5.47. The maximum atomic E-state index is 12.8. The first-order valence-electron chi connectivity index (χ1n) is 9.41. The minimum Gasteiger partial charge on any atom is -0.493 e. The van der Waals surface area contributed by atoms with E-state index >= 15 is 0 Å². The summed E-state index contributed by atoms with van der Waals surface area (Å²) in [5.74, 6) is -0.279. The summed E-state index contributed by atoms with van der Waals surface area (Å²) in [6, 6.07) is 2.72. The van der Waals surface area contributed by atoms with Crippen LogP contribution in [0.3, 0.4) is 0 Å².